The zero-order valence-corrected chi connectivity index (χ0v) is 30.2. The van der Waals surface area contributed by atoms with Crippen molar-refractivity contribution in [1.82, 2.24) is 30.2 Å². The molecular formula is C39H44N8O7. The smallest absolute Gasteiger partial charge is 0.410 e. The zero-order valence-electron chi connectivity index (χ0n) is 30.2. The van der Waals surface area contributed by atoms with Crippen molar-refractivity contribution in [3.63, 3.8) is 0 Å². The van der Waals surface area contributed by atoms with Crippen molar-refractivity contribution >= 4 is 47.1 Å². The monoisotopic (exact) mass is 736 g/mol. The van der Waals surface area contributed by atoms with E-state index in [-0.39, 0.29) is 60.6 Å². The first kappa shape index (κ1) is 35.3. The summed E-state index contributed by atoms with van der Waals surface area (Å²) in [5.41, 5.74) is 4.60. The van der Waals surface area contributed by atoms with E-state index < -0.39 is 11.9 Å². The molecule has 15 heteroatoms. The second-order valence-corrected chi connectivity index (χ2v) is 15.0. The van der Waals surface area contributed by atoms with Crippen molar-refractivity contribution in [3.8, 4) is 0 Å². The first-order valence-electron chi connectivity index (χ1n) is 18.8. The Morgan fingerprint density at radius 2 is 1.72 bits per heavy atom. The lowest BCUT2D eigenvalue weighted by molar-refractivity contribution is -0.137. The van der Waals surface area contributed by atoms with Gasteiger partial charge in [-0.2, -0.15) is 5.10 Å². The Bertz CT molecular complexity index is 1990. The third-order valence-electron chi connectivity index (χ3n) is 11.5. The molecule has 282 valence electrons. The Hall–Kier alpha value is -5.73. The SMILES string of the molecule is C[C@H]1CCN1C(=O)O[C@@H]1CC[C@H](c2cc(NC(=O)Cc3ccc(C(=O)N4CCN(c5ccc6c(c5)CN(C5CCC(=O)NC5=O)C6=O)CC4)cc3)n[nH]2)C1. The lowest BCUT2D eigenvalue weighted by Crippen LogP contribution is -2.52. The predicted molar refractivity (Wildman–Crippen MR) is 196 cm³/mol. The highest BCUT2D eigenvalue weighted by atomic mass is 16.6. The molecule has 4 aliphatic heterocycles. The third kappa shape index (κ3) is 7.14. The molecule has 4 fully saturated rings. The Morgan fingerprint density at radius 1 is 0.926 bits per heavy atom. The molecule has 1 saturated carbocycles. The van der Waals surface area contributed by atoms with E-state index in [1.54, 1.807) is 40.1 Å². The van der Waals surface area contributed by atoms with E-state index in [1.807, 2.05) is 30.0 Å². The van der Waals surface area contributed by atoms with Crippen LogP contribution < -0.4 is 15.5 Å². The lowest BCUT2D eigenvalue weighted by atomic mass is 10.0. The number of imide groups is 1. The summed E-state index contributed by atoms with van der Waals surface area (Å²) in [6.45, 7) is 5.38. The molecule has 5 heterocycles. The van der Waals surface area contributed by atoms with Gasteiger partial charge in [-0.25, -0.2) is 4.79 Å². The Labute approximate surface area is 312 Å². The Balaban J connectivity index is 0.788. The van der Waals surface area contributed by atoms with Gasteiger partial charge in [0.25, 0.3) is 11.8 Å². The summed E-state index contributed by atoms with van der Waals surface area (Å²) in [5, 5.41) is 12.5. The summed E-state index contributed by atoms with van der Waals surface area (Å²) in [4.78, 5) is 83.0. The van der Waals surface area contributed by atoms with Crippen molar-refractivity contribution in [2.24, 2.45) is 0 Å². The van der Waals surface area contributed by atoms with E-state index in [0.717, 1.165) is 54.7 Å². The molecule has 8 rings (SSSR count). The van der Waals surface area contributed by atoms with Crippen LogP contribution in [0.1, 0.15) is 88.9 Å². The van der Waals surface area contributed by atoms with Crippen LogP contribution in [0.3, 0.4) is 0 Å². The van der Waals surface area contributed by atoms with E-state index in [9.17, 15) is 28.8 Å². The van der Waals surface area contributed by atoms with Gasteiger partial charge in [-0.3, -0.25) is 34.4 Å². The number of aromatic amines is 1. The van der Waals surface area contributed by atoms with Gasteiger partial charge in [0.15, 0.2) is 5.82 Å². The number of nitrogens with zero attached hydrogens (tertiary/aromatic N) is 5. The van der Waals surface area contributed by atoms with Gasteiger partial charge in [-0.1, -0.05) is 12.1 Å². The molecule has 0 bridgehead atoms. The van der Waals surface area contributed by atoms with Gasteiger partial charge < -0.3 is 29.7 Å². The number of carbonyl (C=O) groups is 6. The average Bonchev–Trinajstić information content (AvgIpc) is 3.90. The van der Waals surface area contributed by atoms with Crippen molar-refractivity contribution in [3.05, 3.63) is 76.5 Å². The number of anilines is 2. The molecule has 0 radical (unpaired) electrons. The van der Waals surface area contributed by atoms with Gasteiger partial charge in [-0.15, -0.1) is 0 Å². The highest BCUT2D eigenvalue weighted by molar-refractivity contribution is 6.05. The summed E-state index contributed by atoms with van der Waals surface area (Å²) in [6.07, 6.45) is 3.71. The maximum atomic E-state index is 13.4. The second kappa shape index (κ2) is 14.6. The number of benzene rings is 2. The summed E-state index contributed by atoms with van der Waals surface area (Å²) >= 11 is 0. The first-order valence-corrected chi connectivity index (χ1v) is 18.8. The third-order valence-corrected chi connectivity index (χ3v) is 11.5. The van der Waals surface area contributed by atoms with Crippen LogP contribution in [0.4, 0.5) is 16.3 Å². The van der Waals surface area contributed by atoms with Crippen LogP contribution in [0.2, 0.25) is 0 Å². The molecule has 3 N–H and O–H groups in total. The minimum absolute atomic E-state index is 0.0758. The minimum atomic E-state index is -0.654. The van der Waals surface area contributed by atoms with Crippen LogP contribution in [-0.2, 0) is 32.1 Å². The first-order chi connectivity index (χ1) is 26.1. The summed E-state index contributed by atoms with van der Waals surface area (Å²) < 4.78 is 5.72. The number of carbonyl (C=O) groups excluding carboxylic acids is 6. The fourth-order valence-electron chi connectivity index (χ4n) is 8.18. The van der Waals surface area contributed by atoms with Gasteiger partial charge in [0.05, 0.1) is 6.42 Å². The number of amides is 6. The lowest BCUT2D eigenvalue weighted by Gasteiger charge is -2.38. The van der Waals surface area contributed by atoms with Crippen LogP contribution in [0, 0.1) is 0 Å². The van der Waals surface area contributed by atoms with Gasteiger partial charge >= 0.3 is 6.09 Å². The number of piperidine rings is 1. The van der Waals surface area contributed by atoms with Crippen molar-refractivity contribution < 1.29 is 33.5 Å². The fraction of sp³-hybridized carbons (Fsp3) is 0.462. The highest BCUT2D eigenvalue weighted by Gasteiger charge is 2.39. The number of piperazine rings is 1. The topological polar surface area (TPSA) is 177 Å². The molecule has 1 unspecified atom stereocenters. The van der Waals surface area contributed by atoms with Gasteiger partial charge in [0.1, 0.15) is 12.1 Å². The Kier molecular flexibility index (Phi) is 9.54. The van der Waals surface area contributed by atoms with E-state index in [2.05, 4.69) is 25.7 Å². The number of aromatic nitrogens is 2. The van der Waals surface area contributed by atoms with E-state index >= 15 is 0 Å². The molecule has 2 aromatic carbocycles. The number of hydrogen-bond donors (Lipinski definition) is 3. The number of ether oxygens (including phenoxy) is 1. The molecule has 4 atom stereocenters. The van der Waals surface area contributed by atoms with Crippen LogP contribution in [0.15, 0.2) is 48.5 Å². The summed E-state index contributed by atoms with van der Waals surface area (Å²) in [6, 6.07) is 14.2. The van der Waals surface area contributed by atoms with Crippen LogP contribution >= 0.6 is 0 Å². The molecular weight excluding hydrogens is 692 g/mol. The van der Waals surface area contributed by atoms with Crippen LogP contribution in [-0.4, -0.2) is 111 Å². The molecule has 1 aromatic heterocycles. The zero-order chi connectivity index (χ0) is 37.5. The molecule has 3 aromatic rings. The summed E-state index contributed by atoms with van der Waals surface area (Å²) in [7, 11) is 0. The molecule has 0 spiro atoms. The average molecular weight is 737 g/mol. The normalized spacial score (nSPS) is 23.9. The van der Waals surface area contributed by atoms with Gasteiger partial charge in [0.2, 0.25) is 17.7 Å². The standard InChI is InChI=1S/C39H44N8O7/c1-23-12-13-46(23)39(53)54-29-8-6-26(20-29)31-21-33(43-42-31)40-35(49)18-24-2-4-25(5-3-24)37(51)45-16-14-44(15-17-45)28-7-9-30-27(19-28)22-47(38(30)52)32-10-11-34(48)41-36(32)50/h2-5,7,9,19,21,23,26,29,32H,6,8,10-18,20,22H2,1H3,(H,41,48,50)(H2,40,42,43,49)/t23-,26-,29+,32?/m0/s1. The van der Waals surface area contributed by atoms with Crippen molar-refractivity contribution in [2.45, 2.75) is 82.5 Å². The molecule has 1 aliphatic carbocycles. The quantitative estimate of drug-likeness (QED) is 0.293. The second-order valence-electron chi connectivity index (χ2n) is 15.0. The molecule has 54 heavy (non-hydrogen) atoms. The fourth-order valence-corrected chi connectivity index (χ4v) is 8.18. The highest BCUT2D eigenvalue weighted by Crippen LogP contribution is 2.37. The summed E-state index contributed by atoms with van der Waals surface area (Å²) in [5.74, 6) is -0.620. The van der Waals surface area contributed by atoms with Crippen LogP contribution in [0.25, 0.3) is 0 Å². The maximum absolute atomic E-state index is 13.4. The van der Waals surface area contributed by atoms with Gasteiger partial charge in [0, 0.05) is 86.2 Å². The maximum Gasteiger partial charge on any atom is 0.410 e. The van der Waals surface area contributed by atoms with Gasteiger partial charge in [-0.05, 0) is 80.5 Å². The van der Waals surface area contributed by atoms with E-state index in [1.165, 1.54) is 0 Å². The Morgan fingerprint density at radius 3 is 2.44 bits per heavy atom. The number of fused-ring (bicyclic) bond motifs is 1. The number of rotatable bonds is 8. The minimum Gasteiger partial charge on any atom is -0.446 e. The molecule has 15 nitrogen and oxygen atoms in total. The van der Waals surface area contributed by atoms with Crippen molar-refractivity contribution in [2.75, 3.05) is 42.9 Å². The number of likely N-dealkylation sites (tertiary alicyclic amines) is 1. The van der Waals surface area contributed by atoms with Crippen molar-refractivity contribution in [1.29, 1.82) is 0 Å². The largest absolute Gasteiger partial charge is 0.446 e. The van der Waals surface area contributed by atoms with E-state index in [4.69, 9.17) is 4.74 Å². The number of H-pyrrole nitrogens is 1. The number of nitrogens with one attached hydrogen (secondary N) is 3. The number of hydrogen-bond acceptors (Lipinski definition) is 9. The molecule has 5 aliphatic rings. The van der Waals surface area contributed by atoms with Crippen LogP contribution in [0.5, 0.6) is 0 Å². The van der Waals surface area contributed by atoms with E-state index in [0.29, 0.717) is 56.1 Å². The molecule has 3 saturated heterocycles. The molecule has 6 amide bonds. The predicted octanol–water partition coefficient (Wildman–Crippen LogP) is 3.18.